The summed E-state index contributed by atoms with van der Waals surface area (Å²) in [5.41, 5.74) is 0. The normalized spacial score (nSPS) is 12.1. The third kappa shape index (κ3) is 4.80. The second-order valence-electron chi connectivity index (χ2n) is 3.02. The van der Waals surface area contributed by atoms with Crippen molar-refractivity contribution in [2.45, 2.75) is 12.5 Å². The first kappa shape index (κ1) is 12.0. The first-order valence-corrected chi connectivity index (χ1v) is 5.15. The zero-order valence-corrected chi connectivity index (χ0v) is 9.48. The van der Waals surface area contributed by atoms with E-state index in [9.17, 15) is 9.90 Å². The van der Waals surface area contributed by atoms with E-state index in [0.29, 0.717) is 5.75 Å². The Morgan fingerprint density at radius 3 is 2.53 bits per heavy atom. The largest absolute Gasteiger partial charge is 0.491 e. The number of aliphatic hydroxyl groups excluding tert-OH is 1. The molecule has 0 fully saturated rings. The Morgan fingerprint density at radius 2 is 2.00 bits per heavy atom. The molecule has 0 saturated carbocycles. The summed E-state index contributed by atoms with van der Waals surface area (Å²) in [6.45, 7) is -0.0199. The van der Waals surface area contributed by atoms with E-state index in [1.165, 1.54) is 0 Å². The highest BCUT2D eigenvalue weighted by Gasteiger charge is 2.09. The topological polar surface area (TPSA) is 66.8 Å². The van der Waals surface area contributed by atoms with Gasteiger partial charge in [0.15, 0.2) is 0 Å². The van der Waals surface area contributed by atoms with Gasteiger partial charge in [-0.25, -0.2) is 0 Å². The van der Waals surface area contributed by atoms with Crippen molar-refractivity contribution in [2.75, 3.05) is 6.61 Å². The highest BCUT2D eigenvalue weighted by molar-refractivity contribution is 9.10. The number of carbonyl (C=O) groups is 1. The fourth-order valence-corrected chi connectivity index (χ4v) is 1.25. The van der Waals surface area contributed by atoms with Crippen LogP contribution in [-0.4, -0.2) is 28.9 Å². The molecule has 0 spiro atoms. The van der Waals surface area contributed by atoms with Crippen LogP contribution in [0.15, 0.2) is 28.7 Å². The van der Waals surface area contributed by atoms with E-state index < -0.39 is 12.1 Å². The lowest BCUT2D eigenvalue weighted by Crippen LogP contribution is -2.21. The Bertz CT molecular complexity index is 323. The summed E-state index contributed by atoms with van der Waals surface area (Å²) >= 11 is 3.28. The van der Waals surface area contributed by atoms with Crippen molar-refractivity contribution in [1.82, 2.24) is 0 Å². The molecular formula is C10H11BrO4. The van der Waals surface area contributed by atoms with E-state index in [-0.39, 0.29) is 13.0 Å². The van der Waals surface area contributed by atoms with Crippen molar-refractivity contribution in [3.63, 3.8) is 0 Å². The number of rotatable bonds is 5. The molecule has 1 aromatic rings. The maximum absolute atomic E-state index is 10.2. The van der Waals surface area contributed by atoms with Gasteiger partial charge in [-0.3, -0.25) is 4.79 Å². The number of carboxylic acids is 1. The van der Waals surface area contributed by atoms with Gasteiger partial charge in [0.1, 0.15) is 12.4 Å². The molecule has 0 heterocycles. The Morgan fingerprint density at radius 1 is 1.40 bits per heavy atom. The Hall–Kier alpha value is -1.07. The number of halogens is 1. The Labute approximate surface area is 95.6 Å². The number of carboxylic acid groups (broad SMARTS) is 1. The average Bonchev–Trinajstić information content (AvgIpc) is 2.16. The third-order valence-electron chi connectivity index (χ3n) is 1.67. The minimum atomic E-state index is -1.04. The molecule has 15 heavy (non-hydrogen) atoms. The van der Waals surface area contributed by atoms with Gasteiger partial charge >= 0.3 is 5.97 Å². The van der Waals surface area contributed by atoms with E-state index in [2.05, 4.69) is 15.9 Å². The van der Waals surface area contributed by atoms with Crippen LogP contribution in [-0.2, 0) is 4.79 Å². The van der Waals surface area contributed by atoms with Gasteiger partial charge in [-0.2, -0.15) is 0 Å². The van der Waals surface area contributed by atoms with Crippen molar-refractivity contribution in [3.05, 3.63) is 28.7 Å². The molecule has 2 N–H and O–H groups in total. The molecule has 0 saturated heterocycles. The summed E-state index contributed by atoms with van der Waals surface area (Å²) in [5.74, 6) is -0.440. The summed E-state index contributed by atoms with van der Waals surface area (Å²) in [6, 6.07) is 7.08. The fourth-order valence-electron chi connectivity index (χ4n) is 0.984. The SMILES string of the molecule is O=C(O)C[C@H](O)COc1ccc(Br)cc1. The molecule has 0 unspecified atom stereocenters. The maximum Gasteiger partial charge on any atom is 0.306 e. The lowest BCUT2D eigenvalue weighted by atomic mass is 10.3. The summed E-state index contributed by atoms with van der Waals surface area (Å²) < 4.78 is 6.12. The Balaban J connectivity index is 2.36. The van der Waals surface area contributed by atoms with Crippen LogP contribution in [0.3, 0.4) is 0 Å². The zero-order valence-electron chi connectivity index (χ0n) is 7.89. The lowest BCUT2D eigenvalue weighted by molar-refractivity contribution is -0.139. The molecule has 0 aliphatic heterocycles. The molecule has 0 aliphatic carbocycles. The van der Waals surface area contributed by atoms with Crippen molar-refractivity contribution < 1.29 is 19.7 Å². The lowest BCUT2D eigenvalue weighted by Gasteiger charge is -2.10. The van der Waals surface area contributed by atoms with Crippen molar-refractivity contribution in [3.8, 4) is 5.75 Å². The minimum Gasteiger partial charge on any atom is -0.491 e. The summed E-state index contributed by atoms with van der Waals surface area (Å²) in [4.78, 5) is 10.2. The molecule has 0 aliphatic rings. The first-order chi connectivity index (χ1) is 7.08. The summed E-state index contributed by atoms with van der Waals surface area (Å²) in [7, 11) is 0. The molecule has 5 heteroatoms. The molecule has 1 atom stereocenters. The summed E-state index contributed by atoms with van der Waals surface area (Å²) in [6.07, 6.45) is -1.29. The van der Waals surface area contributed by atoms with Crippen LogP contribution in [0, 0.1) is 0 Å². The molecule has 0 bridgehead atoms. The number of benzene rings is 1. The number of hydrogen-bond donors (Lipinski definition) is 2. The van der Waals surface area contributed by atoms with Crippen LogP contribution >= 0.6 is 15.9 Å². The maximum atomic E-state index is 10.2. The molecule has 0 radical (unpaired) electrons. The van der Waals surface area contributed by atoms with Gasteiger partial charge in [-0.1, -0.05) is 15.9 Å². The standard InChI is InChI=1S/C10H11BrO4/c11-7-1-3-9(4-2-7)15-6-8(12)5-10(13)14/h1-4,8,12H,5-6H2,(H,13,14)/t8-/m0/s1. The average molecular weight is 275 g/mol. The second-order valence-corrected chi connectivity index (χ2v) is 3.93. The molecule has 0 aromatic heterocycles. The van der Waals surface area contributed by atoms with Gasteiger partial charge < -0.3 is 14.9 Å². The quantitative estimate of drug-likeness (QED) is 0.857. The predicted octanol–water partition coefficient (Wildman–Crippen LogP) is 1.66. The van der Waals surface area contributed by atoms with E-state index in [4.69, 9.17) is 9.84 Å². The van der Waals surface area contributed by atoms with Gasteiger partial charge in [0.05, 0.1) is 12.5 Å². The molecule has 1 rings (SSSR count). The highest BCUT2D eigenvalue weighted by Crippen LogP contribution is 2.16. The van der Waals surface area contributed by atoms with Crippen LogP contribution < -0.4 is 4.74 Å². The minimum absolute atomic E-state index is 0.0199. The highest BCUT2D eigenvalue weighted by atomic mass is 79.9. The molecule has 1 aromatic carbocycles. The van der Waals surface area contributed by atoms with E-state index in [0.717, 1.165) is 4.47 Å². The third-order valence-corrected chi connectivity index (χ3v) is 2.19. The number of aliphatic carboxylic acids is 1. The van der Waals surface area contributed by atoms with Crippen LogP contribution in [0.5, 0.6) is 5.75 Å². The summed E-state index contributed by atoms with van der Waals surface area (Å²) in [5, 5.41) is 17.6. The van der Waals surface area contributed by atoms with Crippen LogP contribution in [0.25, 0.3) is 0 Å². The molecule has 82 valence electrons. The van der Waals surface area contributed by atoms with Gasteiger partial charge in [0.2, 0.25) is 0 Å². The van der Waals surface area contributed by atoms with Crippen LogP contribution in [0.4, 0.5) is 0 Å². The van der Waals surface area contributed by atoms with Gasteiger partial charge in [-0.15, -0.1) is 0 Å². The smallest absolute Gasteiger partial charge is 0.306 e. The van der Waals surface area contributed by atoms with Gasteiger partial charge in [0.25, 0.3) is 0 Å². The van der Waals surface area contributed by atoms with E-state index >= 15 is 0 Å². The number of ether oxygens (including phenoxy) is 1. The predicted molar refractivity (Wildman–Crippen MR) is 57.9 cm³/mol. The molecular weight excluding hydrogens is 264 g/mol. The molecule has 4 nitrogen and oxygen atoms in total. The Kier molecular flexibility index (Phi) is 4.58. The second kappa shape index (κ2) is 5.72. The van der Waals surface area contributed by atoms with Crippen LogP contribution in [0.1, 0.15) is 6.42 Å². The number of hydrogen-bond acceptors (Lipinski definition) is 3. The monoisotopic (exact) mass is 274 g/mol. The zero-order chi connectivity index (χ0) is 11.3. The van der Waals surface area contributed by atoms with Crippen molar-refractivity contribution in [1.29, 1.82) is 0 Å². The van der Waals surface area contributed by atoms with E-state index in [1.54, 1.807) is 24.3 Å². The van der Waals surface area contributed by atoms with Crippen molar-refractivity contribution in [2.24, 2.45) is 0 Å². The van der Waals surface area contributed by atoms with Crippen LogP contribution in [0.2, 0.25) is 0 Å². The number of aliphatic hydroxyl groups is 1. The molecule has 0 amide bonds. The van der Waals surface area contributed by atoms with Crippen molar-refractivity contribution >= 4 is 21.9 Å². The van der Waals surface area contributed by atoms with E-state index in [1.807, 2.05) is 0 Å². The van der Waals surface area contributed by atoms with Gasteiger partial charge in [-0.05, 0) is 24.3 Å². The fraction of sp³-hybridized carbons (Fsp3) is 0.300. The first-order valence-electron chi connectivity index (χ1n) is 4.36. The van der Waals surface area contributed by atoms with Gasteiger partial charge in [0, 0.05) is 4.47 Å².